The van der Waals surface area contributed by atoms with Crippen LogP contribution in [0.15, 0.2) is 6.07 Å². The fraction of sp³-hybridized carbons (Fsp3) is 0.650. The van der Waals surface area contributed by atoms with E-state index in [0.29, 0.717) is 23.9 Å². The lowest BCUT2D eigenvalue weighted by molar-refractivity contribution is 0.0935. The molecule has 0 aromatic carbocycles. The highest BCUT2D eigenvalue weighted by Gasteiger charge is 2.34. The summed E-state index contributed by atoms with van der Waals surface area (Å²) in [6.07, 6.45) is 4.61. The van der Waals surface area contributed by atoms with Crippen LogP contribution in [-0.2, 0) is 5.54 Å². The van der Waals surface area contributed by atoms with Crippen molar-refractivity contribution in [3.63, 3.8) is 0 Å². The molecule has 1 atom stereocenters. The first-order valence-electron chi connectivity index (χ1n) is 9.71. The minimum absolute atomic E-state index is 0. The summed E-state index contributed by atoms with van der Waals surface area (Å²) in [5, 5.41) is 8.76. The molecule has 156 valence electrons. The van der Waals surface area contributed by atoms with E-state index < -0.39 is 0 Å². The molecular weight excluding hydrogens is 397 g/mol. The number of halogens is 2. The third-order valence-electron chi connectivity index (χ3n) is 5.47. The number of hydrogen-bond donors (Lipinski definition) is 2. The summed E-state index contributed by atoms with van der Waals surface area (Å²) < 4.78 is 1.96. The van der Waals surface area contributed by atoms with Crippen molar-refractivity contribution in [2.75, 3.05) is 6.54 Å². The molecule has 0 radical (unpaired) electrons. The number of carbonyl (C=O) groups excluding carboxylic acids is 1. The summed E-state index contributed by atoms with van der Waals surface area (Å²) in [6, 6.07) is 2.05. The smallest absolute Gasteiger partial charge is 0.252 e. The number of nitrogens with one attached hydrogen (secondary N) is 1. The molecule has 1 amide bonds. The van der Waals surface area contributed by atoms with Gasteiger partial charge in [-0.15, -0.1) is 24.8 Å². The van der Waals surface area contributed by atoms with Crippen molar-refractivity contribution in [3.05, 3.63) is 23.0 Å². The van der Waals surface area contributed by atoms with E-state index >= 15 is 0 Å². The molecule has 1 unspecified atom stereocenters. The van der Waals surface area contributed by atoms with Crippen molar-refractivity contribution in [3.8, 4) is 0 Å². The summed E-state index contributed by atoms with van der Waals surface area (Å²) >= 11 is 0. The Morgan fingerprint density at radius 1 is 1.29 bits per heavy atom. The van der Waals surface area contributed by atoms with Crippen molar-refractivity contribution in [1.29, 1.82) is 0 Å². The maximum absolute atomic E-state index is 13.1. The van der Waals surface area contributed by atoms with Crippen LogP contribution < -0.4 is 11.1 Å². The van der Waals surface area contributed by atoms with E-state index in [0.717, 1.165) is 48.1 Å². The Morgan fingerprint density at radius 2 is 1.93 bits per heavy atom. The lowest BCUT2D eigenvalue weighted by Gasteiger charge is -2.20. The second kappa shape index (κ2) is 8.17. The van der Waals surface area contributed by atoms with E-state index in [4.69, 9.17) is 15.8 Å². The van der Waals surface area contributed by atoms with Gasteiger partial charge in [0, 0.05) is 24.2 Å². The Balaban J connectivity index is 0.00000140. The first kappa shape index (κ1) is 22.9. The number of amides is 1. The Bertz CT molecular complexity index is 866. The van der Waals surface area contributed by atoms with Crippen LogP contribution in [-0.4, -0.2) is 33.3 Å². The van der Waals surface area contributed by atoms with Gasteiger partial charge in [-0.2, -0.15) is 5.10 Å². The van der Waals surface area contributed by atoms with Gasteiger partial charge in [0.2, 0.25) is 0 Å². The average Bonchev–Trinajstić information content (AvgIpc) is 3.48. The summed E-state index contributed by atoms with van der Waals surface area (Å²) in [6.45, 7) is 8.78. The maximum atomic E-state index is 13.1. The second-order valence-corrected chi connectivity index (χ2v) is 8.89. The molecule has 0 aliphatic heterocycles. The zero-order valence-corrected chi connectivity index (χ0v) is 18.6. The molecule has 2 heterocycles. The van der Waals surface area contributed by atoms with E-state index in [1.807, 2.05) is 17.7 Å². The van der Waals surface area contributed by atoms with Crippen LogP contribution in [0.25, 0.3) is 11.0 Å². The fourth-order valence-corrected chi connectivity index (χ4v) is 3.66. The number of aromatic nitrogens is 3. The van der Waals surface area contributed by atoms with Gasteiger partial charge in [0.1, 0.15) is 0 Å². The molecule has 28 heavy (non-hydrogen) atoms. The zero-order valence-electron chi connectivity index (χ0n) is 17.0. The van der Waals surface area contributed by atoms with Gasteiger partial charge >= 0.3 is 0 Å². The standard InChI is InChI=1S/C20H29N5O.2ClH/c1-11-17-14(19(26)23-16(10-21)13-7-8-13)9-15(12-5-6-12)22-18(17)25(24-11)20(2,3)4;;/h9,12-13,16H,5-8,10,21H2,1-4H3,(H,23,26);2*1H. The van der Waals surface area contributed by atoms with E-state index in [-0.39, 0.29) is 42.3 Å². The van der Waals surface area contributed by atoms with E-state index in [2.05, 4.69) is 26.1 Å². The number of nitrogens with two attached hydrogens (primary N) is 1. The monoisotopic (exact) mass is 427 g/mol. The van der Waals surface area contributed by atoms with Gasteiger partial charge in [-0.25, -0.2) is 9.67 Å². The van der Waals surface area contributed by atoms with Gasteiger partial charge in [-0.3, -0.25) is 4.79 Å². The molecule has 2 fully saturated rings. The van der Waals surface area contributed by atoms with Crippen LogP contribution in [0, 0.1) is 12.8 Å². The number of rotatable bonds is 5. The average molecular weight is 428 g/mol. The van der Waals surface area contributed by atoms with Gasteiger partial charge < -0.3 is 11.1 Å². The third-order valence-corrected chi connectivity index (χ3v) is 5.47. The minimum Gasteiger partial charge on any atom is -0.348 e. The molecule has 2 saturated carbocycles. The molecule has 2 aromatic rings. The molecule has 3 N–H and O–H groups in total. The molecule has 8 heteroatoms. The van der Waals surface area contributed by atoms with Gasteiger partial charge in [-0.1, -0.05) is 0 Å². The third kappa shape index (κ3) is 4.29. The molecule has 2 aromatic heterocycles. The lowest BCUT2D eigenvalue weighted by Crippen LogP contribution is -2.41. The summed E-state index contributed by atoms with van der Waals surface area (Å²) in [7, 11) is 0. The van der Waals surface area contributed by atoms with Gasteiger partial charge in [-0.05, 0) is 65.4 Å². The first-order valence-corrected chi connectivity index (χ1v) is 9.71. The van der Waals surface area contributed by atoms with Crippen molar-refractivity contribution >= 4 is 41.8 Å². The quantitative estimate of drug-likeness (QED) is 0.761. The Hall–Kier alpha value is -1.37. The topological polar surface area (TPSA) is 85.8 Å². The van der Waals surface area contributed by atoms with Crippen LogP contribution in [0.4, 0.5) is 0 Å². The molecular formula is C20H31Cl2N5O. The van der Waals surface area contributed by atoms with Gasteiger partial charge in [0.05, 0.1) is 22.2 Å². The minimum atomic E-state index is -0.191. The number of aryl methyl sites for hydroxylation is 1. The van der Waals surface area contributed by atoms with Crippen LogP contribution in [0.3, 0.4) is 0 Å². The second-order valence-electron chi connectivity index (χ2n) is 8.89. The zero-order chi connectivity index (χ0) is 18.6. The molecule has 0 bridgehead atoms. The fourth-order valence-electron chi connectivity index (χ4n) is 3.66. The van der Waals surface area contributed by atoms with Crippen molar-refractivity contribution in [1.82, 2.24) is 20.1 Å². The SMILES string of the molecule is Cc1nn(C(C)(C)C)c2nc(C3CC3)cc(C(=O)NC(CN)C3CC3)c12.Cl.Cl. The number of pyridine rings is 1. The van der Waals surface area contributed by atoms with Gasteiger partial charge in [0.15, 0.2) is 5.65 Å². The van der Waals surface area contributed by atoms with E-state index in [9.17, 15) is 4.79 Å². The summed E-state index contributed by atoms with van der Waals surface area (Å²) in [5.74, 6) is 0.962. The molecule has 4 rings (SSSR count). The Kier molecular flexibility index (Phi) is 6.68. The van der Waals surface area contributed by atoms with Crippen molar-refractivity contribution < 1.29 is 4.79 Å². The first-order chi connectivity index (χ1) is 12.3. The Morgan fingerprint density at radius 3 is 2.43 bits per heavy atom. The van der Waals surface area contributed by atoms with E-state index in [1.54, 1.807) is 0 Å². The van der Waals surface area contributed by atoms with Crippen LogP contribution in [0.2, 0.25) is 0 Å². The number of fused-ring (bicyclic) bond motifs is 1. The van der Waals surface area contributed by atoms with Crippen molar-refractivity contribution in [2.24, 2.45) is 11.7 Å². The highest BCUT2D eigenvalue weighted by molar-refractivity contribution is 6.06. The largest absolute Gasteiger partial charge is 0.348 e. The molecule has 0 spiro atoms. The molecule has 2 aliphatic rings. The summed E-state index contributed by atoms with van der Waals surface area (Å²) in [4.78, 5) is 18.0. The molecule has 2 aliphatic carbocycles. The van der Waals surface area contributed by atoms with Crippen LogP contribution in [0.5, 0.6) is 0 Å². The predicted molar refractivity (Wildman–Crippen MR) is 117 cm³/mol. The van der Waals surface area contributed by atoms with Crippen LogP contribution in [0.1, 0.15) is 74.1 Å². The summed E-state index contributed by atoms with van der Waals surface area (Å²) in [5.41, 5.74) is 9.08. The normalized spacial score (nSPS) is 17.6. The van der Waals surface area contributed by atoms with E-state index in [1.165, 1.54) is 0 Å². The molecule has 0 saturated heterocycles. The number of nitrogens with zero attached hydrogens (tertiary/aromatic N) is 3. The predicted octanol–water partition coefficient (Wildman–Crippen LogP) is 3.68. The van der Waals surface area contributed by atoms with Gasteiger partial charge in [0.25, 0.3) is 5.91 Å². The van der Waals surface area contributed by atoms with Crippen molar-refractivity contribution in [2.45, 2.75) is 70.9 Å². The molecule has 6 nitrogen and oxygen atoms in total. The number of hydrogen-bond acceptors (Lipinski definition) is 4. The maximum Gasteiger partial charge on any atom is 0.252 e. The highest BCUT2D eigenvalue weighted by Crippen LogP contribution is 2.41. The lowest BCUT2D eigenvalue weighted by atomic mass is 10.0. The number of carbonyl (C=O) groups is 1. The Labute approximate surface area is 178 Å². The highest BCUT2D eigenvalue weighted by atomic mass is 35.5. The van der Waals surface area contributed by atoms with Crippen LogP contribution >= 0.6 is 24.8 Å².